The van der Waals surface area contributed by atoms with Gasteiger partial charge in [-0.3, -0.25) is 14.9 Å². The molecule has 8 nitrogen and oxygen atoms in total. The largest absolute Gasteiger partial charge is 0.427 e. The molecule has 2 aromatic rings. The Hall–Kier alpha value is -3.52. The maximum absolute atomic E-state index is 12.0. The smallest absolute Gasteiger partial charge is 0.363 e. The molecule has 136 valence electrons. The van der Waals surface area contributed by atoms with Gasteiger partial charge in [-0.1, -0.05) is 23.7 Å². The molecule has 0 bridgehead atoms. The maximum atomic E-state index is 12.0. The molecule has 27 heavy (non-hydrogen) atoms. The van der Waals surface area contributed by atoms with E-state index in [1.54, 1.807) is 24.3 Å². The number of ether oxygens (including phenoxy) is 2. The van der Waals surface area contributed by atoms with Crippen LogP contribution in [0.3, 0.4) is 0 Å². The van der Waals surface area contributed by atoms with E-state index in [0.717, 1.165) is 0 Å². The number of benzene rings is 2. The highest BCUT2D eigenvalue weighted by Gasteiger charge is 2.26. The van der Waals surface area contributed by atoms with Crippen LogP contribution < -0.4 is 4.74 Å². The number of halogens is 1. The second-order valence-electron chi connectivity index (χ2n) is 5.42. The van der Waals surface area contributed by atoms with Crippen LogP contribution in [0.4, 0.5) is 5.69 Å². The quantitative estimate of drug-likeness (QED) is 0.261. The highest BCUT2D eigenvalue weighted by Crippen LogP contribution is 2.27. The van der Waals surface area contributed by atoms with E-state index in [9.17, 15) is 19.7 Å². The van der Waals surface area contributed by atoms with Gasteiger partial charge in [-0.25, -0.2) is 9.79 Å². The predicted molar refractivity (Wildman–Crippen MR) is 96.5 cm³/mol. The molecule has 0 saturated heterocycles. The predicted octanol–water partition coefficient (Wildman–Crippen LogP) is 3.52. The minimum Gasteiger partial charge on any atom is -0.427 e. The number of nitro benzene ring substituents is 1. The van der Waals surface area contributed by atoms with Crippen molar-refractivity contribution in [3.63, 3.8) is 0 Å². The third-order valence-electron chi connectivity index (χ3n) is 3.46. The SMILES string of the molecule is CC(=O)Oc1ccc(/C=C2/N=C(c3ccc(Cl)c([N+](=O)[O-])c3)OC2=O)cc1. The number of carbonyl (C=O) groups is 2. The first kappa shape index (κ1) is 18.3. The number of esters is 2. The van der Waals surface area contributed by atoms with E-state index in [2.05, 4.69) is 4.99 Å². The fourth-order valence-electron chi connectivity index (χ4n) is 2.27. The molecular formula is C18H11ClN2O6. The number of carbonyl (C=O) groups excluding carboxylic acids is 2. The molecule has 1 heterocycles. The number of rotatable bonds is 4. The number of aliphatic imine (C=N–C) groups is 1. The molecule has 0 atom stereocenters. The average molecular weight is 387 g/mol. The van der Waals surface area contributed by atoms with E-state index in [-0.39, 0.29) is 27.9 Å². The molecule has 0 unspecified atom stereocenters. The van der Waals surface area contributed by atoms with E-state index < -0.39 is 16.9 Å². The Kier molecular flexibility index (Phi) is 5.00. The molecule has 3 rings (SSSR count). The number of hydrogen-bond donors (Lipinski definition) is 0. The first-order valence-corrected chi connectivity index (χ1v) is 7.96. The van der Waals surface area contributed by atoms with Crippen molar-refractivity contribution in [2.45, 2.75) is 6.92 Å². The molecule has 0 spiro atoms. The van der Waals surface area contributed by atoms with Crippen molar-refractivity contribution in [1.82, 2.24) is 0 Å². The molecule has 0 amide bonds. The fraction of sp³-hybridized carbons (Fsp3) is 0.0556. The molecule has 1 aliphatic rings. The zero-order valence-corrected chi connectivity index (χ0v) is 14.6. The molecule has 0 radical (unpaired) electrons. The number of hydrogen-bond acceptors (Lipinski definition) is 7. The summed E-state index contributed by atoms with van der Waals surface area (Å²) in [5, 5.41) is 11.0. The van der Waals surface area contributed by atoms with E-state index in [1.165, 1.54) is 31.2 Å². The molecule has 0 aliphatic carbocycles. The minimum atomic E-state index is -0.688. The zero-order chi connectivity index (χ0) is 19.6. The van der Waals surface area contributed by atoms with Crippen molar-refractivity contribution in [2.24, 2.45) is 4.99 Å². The monoisotopic (exact) mass is 386 g/mol. The van der Waals surface area contributed by atoms with Gasteiger partial charge in [0.15, 0.2) is 5.70 Å². The second kappa shape index (κ2) is 7.38. The van der Waals surface area contributed by atoms with Crippen LogP contribution in [0.5, 0.6) is 5.75 Å². The van der Waals surface area contributed by atoms with Gasteiger partial charge < -0.3 is 9.47 Å². The van der Waals surface area contributed by atoms with Gasteiger partial charge in [-0.2, -0.15) is 0 Å². The fourth-order valence-corrected chi connectivity index (χ4v) is 2.46. The lowest BCUT2D eigenvalue weighted by Gasteiger charge is -2.01. The molecule has 0 aromatic heterocycles. The zero-order valence-electron chi connectivity index (χ0n) is 13.8. The summed E-state index contributed by atoms with van der Waals surface area (Å²) in [6.07, 6.45) is 1.48. The molecule has 1 aliphatic heterocycles. The lowest BCUT2D eigenvalue weighted by atomic mass is 10.2. The third-order valence-corrected chi connectivity index (χ3v) is 3.77. The van der Waals surface area contributed by atoms with E-state index in [1.807, 2.05) is 0 Å². The highest BCUT2D eigenvalue weighted by atomic mass is 35.5. The van der Waals surface area contributed by atoms with Crippen LogP contribution in [0.1, 0.15) is 18.1 Å². The van der Waals surface area contributed by atoms with E-state index in [4.69, 9.17) is 21.1 Å². The summed E-state index contributed by atoms with van der Waals surface area (Å²) in [6.45, 7) is 1.29. The van der Waals surface area contributed by atoms with Crippen LogP contribution in [-0.4, -0.2) is 22.8 Å². The van der Waals surface area contributed by atoms with E-state index in [0.29, 0.717) is 11.3 Å². The molecular weight excluding hydrogens is 376 g/mol. The molecule has 0 saturated carbocycles. The van der Waals surface area contributed by atoms with Crippen LogP contribution in [0.15, 0.2) is 53.2 Å². The Morgan fingerprint density at radius 2 is 1.96 bits per heavy atom. The summed E-state index contributed by atoms with van der Waals surface area (Å²) in [4.78, 5) is 37.4. The van der Waals surface area contributed by atoms with Crippen LogP contribution in [0, 0.1) is 10.1 Å². The summed E-state index contributed by atoms with van der Waals surface area (Å²) in [5.41, 5.74) is 0.604. The van der Waals surface area contributed by atoms with Crippen LogP contribution in [0.2, 0.25) is 5.02 Å². The summed E-state index contributed by atoms with van der Waals surface area (Å²) in [5.74, 6) is -0.808. The molecule has 0 N–H and O–H groups in total. The minimum absolute atomic E-state index is 0.0303. The number of cyclic esters (lactones) is 1. The van der Waals surface area contributed by atoms with Crippen molar-refractivity contribution < 1.29 is 24.0 Å². The van der Waals surface area contributed by atoms with Crippen LogP contribution in [-0.2, 0) is 14.3 Å². The normalized spacial score (nSPS) is 14.7. The van der Waals surface area contributed by atoms with Gasteiger partial charge in [0, 0.05) is 18.6 Å². The van der Waals surface area contributed by atoms with Gasteiger partial charge in [-0.05, 0) is 35.9 Å². The Bertz CT molecular complexity index is 1010. The molecule has 9 heteroatoms. The second-order valence-corrected chi connectivity index (χ2v) is 5.83. The third kappa shape index (κ3) is 4.18. The van der Waals surface area contributed by atoms with E-state index >= 15 is 0 Å². The first-order valence-electron chi connectivity index (χ1n) is 7.59. The summed E-state index contributed by atoms with van der Waals surface area (Å²) in [6, 6.07) is 10.4. The Balaban J connectivity index is 1.88. The highest BCUT2D eigenvalue weighted by molar-refractivity contribution is 6.32. The van der Waals surface area contributed by atoms with Crippen molar-refractivity contribution in [3.05, 3.63) is 74.4 Å². The summed E-state index contributed by atoms with van der Waals surface area (Å²) < 4.78 is 10.0. The summed E-state index contributed by atoms with van der Waals surface area (Å²) in [7, 11) is 0. The van der Waals surface area contributed by atoms with Crippen molar-refractivity contribution in [2.75, 3.05) is 0 Å². The molecule has 2 aromatic carbocycles. The number of nitrogens with zero attached hydrogens (tertiary/aromatic N) is 2. The van der Waals surface area contributed by atoms with Crippen molar-refractivity contribution >= 4 is 41.2 Å². The van der Waals surface area contributed by atoms with Crippen LogP contribution >= 0.6 is 11.6 Å². The van der Waals surface area contributed by atoms with Crippen molar-refractivity contribution in [1.29, 1.82) is 0 Å². The topological polar surface area (TPSA) is 108 Å². The Morgan fingerprint density at radius 1 is 1.26 bits per heavy atom. The summed E-state index contributed by atoms with van der Waals surface area (Å²) >= 11 is 5.77. The Labute approximate surface area is 157 Å². The lowest BCUT2D eigenvalue weighted by Crippen LogP contribution is -2.06. The Morgan fingerprint density at radius 3 is 2.59 bits per heavy atom. The van der Waals surface area contributed by atoms with Gasteiger partial charge in [0.2, 0.25) is 5.90 Å². The molecule has 0 fully saturated rings. The maximum Gasteiger partial charge on any atom is 0.363 e. The van der Waals surface area contributed by atoms with Crippen molar-refractivity contribution in [3.8, 4) is 5.75 Å². The van der Waals surface area contributed by atoms with Gasteiger partial charge in [0.25, 0.3) is 5.69 Å². The van der Waals surface area contributed by atoms with Gasteiger partial charge in [0.1, 0.15) is 10.8 Å². The standard InChI is InChI=1S/C18H11ClN2O6/c1-10(22)26-13-5-2-11(3-6-13)8-15-18(23)27-17(20-15)12-4-7-14(19)16(9-12)21(24)25/h2-9H,1H3/b15-8+. The van der Waals surface area contributed by atoms with Gasteiger partial charge >= 0.3 is 11.9 Å². The average Bonchev–Trinajstić information content (AvgIpc) is 2.97. The van der Waals surface area contributed by atoms with Gasteiger partial charge in [0.05, 0.1) is 4.92 Å². The lowest BCUT2D eigenvalue weighted by molar-refractivity contribution is -0.384. The number of nitro groups is 1. The van der Waals surface area contributed by atoms with Gasteiger partial charge in [-0.15, -0.1) is 0 Å². The first-order chi connectivity index (χ1) is 12.8. The van der Waals surface area contributed by atoms with Crippen LogP contribution in [0.25, 0.3) is 6.08 Å².